The maximum Gasteiger partial charge on any atom is 0.283 e. The molecule has 0 spiro atoms. The highest BCUT2D eigenvalue weighted by atomic mass is 16.3. The number of rotatable bonds is 4. The van der Waals surface area contributed by atoms with Crippen molar-refractivity contribution in [2.24, 2.45) is 11.8 Å². The number of aliphatic hydroxyl groups excluding tert-OH is 1. The molecule has 1 unspecified atom stereocenters. The number of likely N-dealkylation sites (tertiary alicyclic amines) is 1. The summed E-state index contributed by atoms with van der Waals surface area (Å²) in [6, 6.07) is 5.32. The summed E-state index contributed by atoms with van der Waals surface area (Å²) in [4.78, 5) is 17.8. The smallest absolute Gasteiger partial charge is 0.283 e. The van der Waals surface area contributed by atoms with E-state index in [0.29, 0.717) is 18.2 Å². The van der Waals surface area contributed by atoms with Gasteiger partial charge in [-0.05, 0) is 31.0 Å². The Hall–Kier alpha value is -1.50. The fourth-order valence-electron chi connectivity index (χ4n) is 2.20. The largest absolute Gasteiger partial charge is 0.396 e. The average molecular weight is 250 g/mol. The van der Waals surface area contributed by atoms with Gasteiger partial charge in [0, 0.05) is 19.7 Å². The van der Waals surface area contributed by atoms with E-state index in [0.717, 1.165) is 25.2 Å². The Morgan fingerprint density at radius 3 is 3.11 bits per heavy atom. The van der Waals surface area contributed by atoms with Crippen molar-refractivity contribution < 1.29 is 9.90 Å². The molecule has 1 aromatic rings. The number of hydrazine groups is 1. The molecule has 2 rings (SSSR count). The first-order valence-electron chi connectivity index (χ1n) is 6.03. The highest BCUT2D eigenvalue weighted by Gasteiger charge is 2.22. The first kappa shape index (κ1) is 12.9. The van der Waals surface area contributed by atoms with Crippen LogP contribution in [0.25, 0.3) is 0 Å². The lowest BCUT2D eigenvalue weighted by Crippen LogP contribution is -2.31. The zero-order chi connectivity index (χ0) is 13.0. The topological polar surface area (TPSA) is 91.5 Å². The molecule has 1 fully saturated rings. The number of carbonyl (C=O) groups is 1. The van der Waals surface area contributed by atoms with Gasteiger partial charge in [-0.25, -0.2) is 10.8 Å². The zero-order valence-corrected chi connectivity index (χ0v) is 10.2. The number of hydrogen-bond donors (Lipinski definition) is 3. The van der Waals surface area contributed by atoms with Crippen molar-refractivity contribution in [1.29, 1.82) is 0 Å². The van der Waals surface area contributed by atoms with E-state index in [1.807, 2.05) is 6.07 Å². The molecule has 2 heterocycles. The van der Waals surface area contributed by atoms with Crippen molar-refractivity contribution >= 4 is 5.91 Å². The second-order valence-electron chi connectivity index (χ2n) is 4.56. The standard InChI is InChI=1S/C12H18N4O2/c13-15-12(18)11-3-1-2-10(14-11)7-16-5-4-9(6-16)8-17/h1-3,9,17H,4-8,13H2,(H,15,18). The van der Waals surface area contributed by atoms with E-state index < -0.39 is 0 Å². The third-order valence-electron chi connectivity index (χ3n) is 3.18. The van der Waals surface area contributed by atoms with Crippen molar-refractivity contribution in [3.63, 3.8) is 0 Å². The number of nitrogens with zero attached hydrogens (tertiary/aromatic N) is 2. The Bertz CT molecular complexity index is 424. The monoisotopic (exact) mass is 250 g/mol. The number of amides is 1. The predicted molar refractivity (Wildman–Crippen MR) is 66.4 cm³/mol. The minimum atomic E-state index is -0.383. The molecule has 1 atom stereocenters. The Labute approximate surface area is 106 Å². The predicted octanol–water partition coefficient (Wildman–Crippen LogP) is -0.501. The maximum atomic E-state index is 11.4. The van der Waals surface area contributed by atoms with Gasteiger partial charge in [0.05, 0.1) is 5.69 Å². The molecular formula is C12H18N4O2. The molecule has 0 radical (unpaired) electrons. The number of pyridine rings is 1. The molecule has 98 valence electrons. The third-order valence-corrected chi connectivity index (χ3v) is 3.18. The van der Waals surface area contributed by atoms with E-state index >= 15 is 0 Å². The number of nitrogen functional groups attached to an aromatic ring is 1. The third kappa shape index (κ3) is 3.04. The second kappa shape index (κ2) is 5.90. The van der Waals surface area contributed by atoms with E-state index in [1.165, 1.54) is 0 Å². The van der Waals surface area contributed by atoms with Crippen LogP contribution < -0.4 is 11.3 Å². The van der Waals surface area contributed by atoms with E-state index in [4.69, 9.17) is 10.9 Å². The molecule has 1 aliphatic rings. The van der Waals surface area contributed by atoms with Crippen molar-refractivity contribution in [2.45, 2.75) is 13.0 Å². The average Bonchev–Trinajstić information content (AvgIpc) is 2.86. The SMILES string of the molecule is NNC(=O)c1cccc(CN2CCC(CO)C2)n1. The van der Waals surface area contributed by atoms with Crippen LogP contribution in [0.3, 0.4) is 0 Å². The van der Waals surface area contributed by atoms with Crippen molar-refractivity contribution in [2.75, 3.05) is 19.7 Å². The summed E-state index contributed by atoms with van der Waals surface area (Å²) in [5.74, 6) is 5.05. The Kier molecular flexibility index (Phi) is 4.24. The fourth-order valence-corrected chi connectivity index (χ4v) is 2.20. The Balaban J connectivity index is 1.99. The number of aromatic nitrogens is 1. The number of nitrogens with one attached hydrogen (secondary N) is 1. The van der Waals surface area contributed by atoms with Crippen LogP contribution in [0, 0.1) is 5.92 Å². The molecule has 0 bridgehead atoms. The normalized spacial score (nSPS) is 20.0. The van der Waals surface area contributed by atoms with Gasteiger partial charge < -0.3 is 5.11 Å². The molecule has 0 aromatic carbocycles. The molecule has 6 nitrogen and oxygen atoms in total. The first-order chi connectivity index (χ1) is 8.72. The number of aliphatic hydroxyl groups is 1. The summed E-state index contributed by atoms with van der Waals surface area (Å²) in [7, 11) is 0. The fraction of sp³-hybridized carbons (Fsp3) is 0.500. The van der Waals surface area contributed by atoms with E-state index in [1.54, 1.807) is 12.1 Å². The number of nitrogens with two attached hydrogens (primary N) is 1. The quantitative estimate of drug-likeness (QED) is 0.381. The van der Waals surface area contributed by atoms with Crippen LogP contribution in [-0.2, 0) is 6.54 Å². The van der Waals surface area contributed by atoms with E-state index in [2.05, 4.69) is 15.3 Å². The van der Waals surface area contributed by atoms with Gasteiger partial charge in [0.15, 0.2) is 0 Å². The maximum absolute atomic E-state index is 11.4. The number of hydrogen-bond acceptors (Lipinski definition) is 5. The molecule has 4 N–H and O–H groups in total. The summed E-state index contributed by atoms with van der Waals surface area (Å²) < 4.78 is 0. The van der Waals surface area contributed by atoms with Gasteiger partial charge in [-0.15, -0.1) is 0 Å². The van der Waals surface area contributed by atoms with Gasteiger partial charge in [-0.2, -0.15) is 0 Å². The van der Waals surface area contributed by atoms with Crippen LogP contribution in [-0.4, -0.2) is 40.6 Å². The van der Waals surface area contributed by atoms with Gasteiger partial charge in [0.2, 0.25) is 0 Å². The minimum absolute atomic E-state index is 0.236. The molecule has 1 aliphatic heterocycles. The van der Waals surface area contributed by atoms with Gasteiger partial charge in [-0.1, -0.05) is 6.07 Å². The summed E-state index contributed by atoms with van der Waals surface area (Å²) in [5, 5.41) is 9.09. The van der Waals surface area contributed by atoms with Crippen LogP contribution in [0.1, 0.15) is 22.6 Å². The van der Waals surface area contributed by atoms with E-state index in [9.17, 15) is 4.79 Å². The molecular weight excluding hydrogens is 232 g/mol. The number of carbonyl (C=O) groups excluding carboxylic acids is 1. The van der Waals surface area contributed by atoms with Crippen LogP contribution in [0.4, 0.5) is 0 Å². The summed E-state index contributed by atoms with van der Waals surface area (Å²) in [6.45, 7) is 2.77. The van der Waals surface area contributed by atoms with Crippen LogP contribution in [0.15, 0.2) is 18.2 Å². The molecule has 0 saturated carbocycles. The second-order valence-corrected chi connectivity index (χ2v) is 4.56. The first-order valence-corrected chi connectivity index (χ1v) is 6.03. The van der Waals surface area contributed by atoms with Crippen molar-refractivity contribution in [3.05, 3.63) is 29.6 Å². The Morgan fingerprint density at radius 1 is 1.61 bits per heavy atom. The molecule has 1 saturated heterocycles. The minimum Gasteiger partial charge on any atom is -0.396 e. The lowest BCUT2D eigenvalue weighted by Gasteiger charge is -2.15. The lowest BCUT2D eigenvalue weighted by molar-refractivity contribution is 0.0948. The lowest BCUT2D eigenvalue weighted by atomic mass is 10.1. The zero-order valence-electron chi connectivity index (χ0n) is 10.2. The van der Waals surface area contributed by atoms with Crippen LogP contribution in [0.2, 0.25) is 0 Å². The van der Waals surface area contributed by atoms with Gasteiger partial charge >= 0.3 is 0 Å². The molecule has 18 heavy (non-hydrogen) atoms. The Morgan fingerprint density at radius 2 is 2.44 bits per heavy atom. The van der Waals surface area contributed by atoms with Gasteiger partial charge in [-0.3, -0.25) is 15.1 Å². The van der Waals surface area contributed by atoms with Crippen molar-refractivity contribution in [1.82, 2.24) is 15.3 Å². The van der Waals surface area contributed by atoms with Crippen molar-refractivity contribution in [3.8, 4) is 0 Å². The molecule has 0 aliphatic carbocycles. The molecule has 6 heteroatoms. The molecule has 1 aromatic heterocycles. The van der Waals surface area contributed by atoms with Gasteiger partial charge in [0.1, 0.15) is 5.69 Å². The van der Waals surface area contributed by atoms with E-state index in [-0.39, 0.29) is 12.5 Å². The van der Waals surface area contributed by atoms with Crippen LogP contribution >= 0.6 is 0 Å². The summed E-state index contributed by atoms with van der Waals surface area (Å²) in [6.07, 6.45) is 1.01. The summed E-state index contributed by atoms with van der Waals surface area (Å²) >= 11 is 0. The van der Waals surface area contributed by atoms with Gasteiger partial charge in [0.25, 0.3) is 5.91 Å². The summed E-state index contributed by atoms with van der Waals surface area (Å²) in [5.41, 5.74) is 3.24. The molecule has 1 amide bonds. The highest BCUT2D eigenvalue weighted by molar-refractivity contribution is 5.91. The van der Waals surface area contributed by atoms with Crippen LogP contribution in [0.5, 0.6) is 0 Å². The highest BCUT2D eigenvalue weighted by Crippen LogP contribution is 2.17.